The Kier molecular flexibility index (Phi) is 7.21. The summed E-state index contributed by atoms with van der Waals surface area (Å²) in [5.41, 5.74) is 6.00. The van der Waals surface area contributed by atoms with Crippen molar-refractivity contribution in [3.05, 3.63) is 33.8 Å². The lowest BCUT2D eigenvalue weighted by molar-refractivity contribution is 0.552. The molecule has 0 amide bonds. The van der Waals surface area contributed by atoms with Gasteiger partial charge in [-0.3, -0.25) is 0 Å². The topological polar surface area (TPSA) is 41.6 Å². The summed E-state index contributed by atoms with van der Waals surface area (Å²) in [7, 11) is 1.64. The Morgan fingerprint density at radius 3 is 2.38 bits per heavy atom. The van der Waals surface area contributed by atoms with Crippen LogP contribution in [0.15, 0.2) is 23.3 Å². The summed E-state index contributed by atoms with van der Waals surface area (Å²) in [4.78, 5) is 0. The Hall–Kier alpha value is -0.110. The van der Waals surface area contributed by atoms with Crippen LogP contribution in [-0.2, 0) is 0 Å². The Morgan fingerprint density at radius 1 is 1.44 bits per heavy atom. The summed E-state index contributed by atoms with van der Waals surface area (Å²) in [5.74, 6) is 0. The average Bonchev–Trinajstić information content (AvgIpc) is 2.16. The number of nitrogens with two attached hydrogens (primary N) is 1. The van der Waals surface area contributed by atoms with Crippen molar-refractivity contribution >= 4 is 70.7 Å². The molecule has 0 radical (unpaired) electrons. The molecule has 1 aromatic carbocycles. The lowest BCUT2D eigenvalue weighted by atomic mass is 10.2. The van der Waals surface area contributed by atoms with Gasteiger partial charge in [0.1, 0.15) is 0 Å². The first-order valence-corrected chi connectivity index (χ1v) is 5.20. The van der Waals surface area contributed by atoms with E-state index in [9.17, 15) is 0 Å². The van der Waals surface area contributed by atoms with Crippen LogP contribution in [0, 0.1) is 0 Å². The Bertz CT molecular complexity index is 391. The molecule has 0 fully saturated rings. The van der Waals surface area contributed by atoms with Gasteiger partial charge in [-0.25, -0.2) is 5.01 Å². The minimum Gasteiger partial charge on any atom is -0.375 e. The zero-order valence-electron chi connectivity index (χ0n) is 8.35. The first-order valence-electron chi connectivity index (χ1n) is 4.03. The van der Waals surface area contributed by atoms with Crippen molar-refractivity contribution < 1.29 is 0 Å². The van der Waals surface area contributed by atoms with Crippen LogP contribution >= 0.6 is 59.4 Å². The van der Waals surface area contributed by atoms with Crippen molar-refractivity contribution in [1.82, 2.24) is 5.01 Å². The molecule has 88 valence electrons. The van der Waals surface area contributed by atoms with Gasteiger partial charge >= 0.3 is 0 Å². The van der Waals surface area contributed by atoms with Crippen LogP contribution in [0.3, 0.4) is 0 Å². The van der Waals surface area contributed by atoms with Crippen LogP contribution in [0.5, 0.6) is 0 Å². The van der Waals surface area contributed by atoms with E-state index in [4.69, 9.17) is 41.2 Å². The van der Waals surface area contributed by atoms with Crippen molar-refractivity contribution in [1.29, 1.82) is 0 Å². The van der Waals surface area contributed by atoms with Gasteiger partial charge in [-0.05, 0) is 24.4 Å². The minimum absolute atomic E-state index is 0. The first kappa shape index (κ1) is 15.9. The standard InChI is InChI=1S/C9H9Cl2N3S.HI/c1-14(9(12)15)13-5-6-7(10)3-2-4-8(6)11;/h2-5H,1H3,(H2,12,15);1H/b13-5+;. The minimum atomic E-state index is 0. The fourth-order valence-corrected chi connectivity index (χ4v) is 1.38. The highest BCUT2D eigenvalue weighted by atomic mass is 127. The monoisotopic (exact) mass is 389 g/mol. The van der Waals surface area contributed by atoms with Crippen molar-refractivity contribution in [2.75, 3.05) is 7.05 Å². The van der Waals surface area contributed by atoms with E-state index in [0.717, 1.165) is 0 Å². The number of rotatable bonds is 2. The molecule has 1 rings (SSSR count). The van der Waals surface area contributed by atoms with Gasteiger partial charge in [0.25, 0.3) is 0 Å². The highest BCUT2D eigenvalue weighted by Crippen LogP contribution is 2.22. The molecule has 0 aromatic heterocycles. The number of hydrogen-bond acceptors (Lipinski definition) is 2. The molecule has 0 aliphatic heterocycles. The van der Waals surface area contributed by atoms with E-state index >= 15 is 0 Å². The highest BCUT2D eigenvalue weighted by Gasteiger charge is 2.02. The summed E-state index contributed by atoms with van der Waals surface area (Å²) >= 11 is 16.6. The lowest BCUT2D eigenvalue weighted by Gasteiger charge is -2.09. The predicted molar refractivity (Wildman–Crippen MR) is 84.0 cm³/mol. The summed E-state index contributed by atoms with van der Waals surface area (Å²) < 4.78 is 0. The van der Waals surface area contributed by atoms with E-state index in [1.165, 1.54) is 11.2 Å². The number of hydrazone groups is 1. The molecule has 16 heavy (non-hydrogen) atoms. The van der Waals surface area contributed by atoms with E-state index in [1.54, 1.807) is 25.2 Å². The second-order valence-electron chi connectivity index (χ2n) is 2.74. The second-order valence-corrected chi connectivity index (χ2v) is 3.97. The lowest BCUT2D eigenvalue weighted by Crippen LogP contribution is -2.27. The zero-order valence-corrected chi connectivity index (χ0v) is 13.0. The maximum Gasteiger partial charge on any atom is 0.186 e. The number of thiocarbonyl (C=S) groups is 1. The van der Waals surface area contributed by atoms with Crippen molar-refractivity contribution in [3.63, 3.8) is 0 Å². The molecule has 0 aliphatic rings. The summed E-state index contributed by atoms with van der Waals surface area (Å²) in [6.07, 6.45) is 1.52. The van der Waals surface area contributed by atoms with Crippen molar-refractivity contribution in [2.45, 2.75) is 0 Å². The quantitative estimate of drug-likeness (QED) is 0.365. The largest absolute Gasteiger partial charge is 0.375 e. The van der Waals surface area contributed by atoms with E-state index in [1.807, 2.05) is 0 Å². The molecule has 0 atom stereocenters. The van der Waals surface area contributed by atoms with Crippen LogP contribution in [0.4, 0.5) is 0 Å². The molecule has 1 aromatic rings. The van der Waals surface area contributed by atoms with Gasteiger partial charge in [0.15, 0.2) is 5.11 Å². The molecule has 3 nitrogen and oxygen atoms in total. The molecule has 0 aliphatic carbocycles. The molecule has 0 heterocycles. The van der Waals surface area contributed by atoms with E-state index in [-0.39, 0.29) is 29.1 Å². The van der Waals surface area contributed by atoms with Crippen LogP contribution in [0.25, 0.3) is 0 Å². The molecule has 0 bridgehead atoms. The number of halogens is 3. The molecule has 7 heteroatoms. The van der Waals surface area contributed by atoms with Gasteiger partial charge < -0.3 is 5.73 Å². The van der Waals surface area contributed by atoms with Gasteiger partial charge in [-0.1, -0.05) is 29.3 Å². The number of benzene rings is 1. The Labute approximate surface area is 127 Å². The number of nitrogens with zero attached hydrogens (tertiary/aromatic N) is 2. The zero-order chi connectivity index (χ0) is 11.4. The van der Waals surface area contributed by atoms with Gasteiger partial charge in [-0.15, -0.1) is 24.0 Å². The van der Waals surface area contributed by atoms with Crippen LogP contribution < -0.4 is 5.73 Å². The molecule has 0 spiro atoms. The van der Waals surface area contributed by atoms with E-state index < -0.39 is 0 Å². The molecule has 0 saturated carbocycles. The number of hydrogen-bond donors (Lipinski definition) is 1. The van der Waals surface area contributed by atoms with E-state index in [0.29, 0.717) is 15.6 Å². The fraction of sp³-hybridized carbons (Fsp3) is 0.111. The summed E-state index contributed by atoms with van der Waals surface area (Å²) in [6, 6.07) is 5.23. The molecule has 2 N–H and O–H groups in total. The maximum atomic E-state index is 5.93. The van der Waals surface area contributed by atoms with Crippen molar-refractivity contribution in [3.8, 4) is 0 Å². The molecule has 0 unspecified atom stereocenters. The SMILES string of the molecule is CN(/N=C/c1c(Cl)cccc1Cl)C(N)=S.I. The summed E-state index contributed by atoms with van der Waals surface area (Å²) in [6.45, 7) is 0. The molecular formula is C9H10Cl2IN3S. The third kappa shape index (κ3) is 4.40. The Morgan fingerprint density at radius 2 is 1.94 bits per heavy atom. The normalized spacial score (nSPS) is 9.94. The third-order valence-electron chi connectivity index (χ3n) is 1.68. The van der Waals surface area contributed by atoms with Gasteiger partial charge in [0.2, 0.25) is 0 Å². The molecular weight excluding hydrogens is 380 g/mol. The maximum absolute atomic E-state index is 5.93. The molecule has 0 saturated heterocycles. The second kappa shape index (κ2) is 7.26. The highest BCUT2D eigenvalue weighted by molar-refractivity contribution is 14.0. The van der Waals surface area contributed by atoms with Gasteiger partial charge in [-0.2, -0.15) is 5.10 Å². The van der Waals surface area contributed by atoms with Crippen LogP contribution in [0.1, 0.15) is 5.56 Å². The predicted octanol–water partition coefficient (Wildman–Crippen LogP) is 3.12. The van der Waals surface area contributed by atoms with Gasteiger partial charge in [0.05, 0.1) is 16.3 Å². The average molecular weight is 390 g/mol. The third-order valence-corrected chi connectivity index (χ3v) is 2.60. The van der Waals surface area contributed by atoms with Crippen LogP contribution in [-0.4, -0.2) is 23.4 Å². The smallest absolute Gasteiger partial charge is 0.186 e. The fourth-order valence-electron chi connectivity index (χ4n) is 0.835. The van der Waals surface area contributed by atoms with Gasteiger partial charge in [0, 0.05) is 12.6 Å². The first-order chi connectivity index (χ1) is 7.02. The van der Waals surface area contributed by atoms with Crippen LogP contribution in [0.2, 0.25) is 10.0 Å². The Balaban J connectivity index is 0.00000225. The summed E-state index contributed by atoms with van der Waals surface area (Å²) in [5, 5.41) is 6.58. The van der Waals surface area contributed by atoms with Crippen molar-refractivity contribution in [2.24, 2.45) is 10.8 Å². The van der Waals surface area contributed by atoms with E-state index in [2.05, 4.69) is 5.10 Å².